The van der Waals surface area contributed by atoms with Gasteiger partial charge in [-0.1, -0.05) is 6.07 Å². The van der Waals surface area contributed by atoms with E-state index in [1.165, 1.54) is 11.1 Å². The molecule has 1 fully saturated rings. The lowest BCUT2D eigenvalue weighted by molar-refractivity contribution is -0.0611. The van der Waals surface area contributed by atoms with Gasteiger partial charge in [0.05, 0.1) is 20.3 Å². The molecule has 116 valence electrons. The Morgan fingerprint density at radius 2 is 2.29 bits per heavy atom. The molecular formula is C17H26N2O2. The van der Waals surface area contributed by atoms with Crippen LogP contribution in [0.5, 0.6) is 5.75 Å². The third-order valence-corrected chi connectivity index (χ3v) is 5.15. The van der Waals surface area contributed by atoms with Crippen LogP contribution in [-0.2, 0) is 17.6 Å². The van der Waals surface area contributed by atoms with Crippen LogP contribution in [0.1, 0.15) is 24.5 Å². The first-order valence-corrected chi connectivity index (χ1v) is 7.89. The van der Waals surface area contributed by atoms with Crippen LogP contribution >= 0.6 is 0 Å². The summed E-state index contributed by atoms with van der Waals surface area (Å²) < 4.78 is 11.0. The van der Waals surface area contributed by atoms with Crippen molar-refractivity contribution in [2.24, 2.45) is 5.73 Å². The van der Waals surface area contributed by atoms with Crippen molar-refractivity contribution in [3.63, 3.8) is 0 Å². The lowest BCUT2D eigenvalue weighted by atomic mass is 9.76. The maximum absolute atomic E-state index is 6.25. The average Bonchev–Trinajstić information content (AvgIpc) is 2.54. The lowest BCUT2D eigenvalue weighted by Crippen LogP contribution is -2.63. The molecule has 1 aromatic rings. The van der Waals surface area contributed by atoms with Gasteiger partial charge in [-0.3, -0.25) is 4.90 Å². The number of ether oxygens (including phenoxy) is 2. The molecule has 4 heteroatoms. The van der Waals surface area contributed by atoms with Crippen LogP contribution in [0.4, 0.5) is 0 Å². The smallest absolute Gasteiger partial charge is 0.119 e. The number of rotatable bonds is 3. The van der Waals surface area contributed by atoms with Gasteiger partial charge < -0.3 is 15.2 Å². The minimum atomic E-state index is 0.0720. The summed E-state index contributed by atoms with van der Waals surface area (Å²) in [5.41, 5.74) is 9.16. The molecule has 2 N–H and O–H groups in total. The minimum absolute atomic E-state index is 0.0720. The minimum Gasteiger partial charge on any atom is -0.497 e. The second-order valence-electron chi connectivity index (χ2n) is 6.36. The lowest BCUT2D eigenvalue weighted by Gasteiger charge is -2.50. The van der Waals surface area contributed by atoms with Gasteiger partial charge in [0, 0.05) is 24.7 Å². The normalized spacial score (nSPS) is 30.0. The van der Waals surface area contributed by atoms with E-state index in [2.05, 4.69) is 30.0 Å². The molecule has 2 aliphatic rings. The third-order valence-electron chi connectivity index (χ3n) is 5.15. The van der Waals surface area contributed by atoms with Gasteiger partial charge in [-0.2, -0.15) is 0 Å². The van der Waals surface area contributed by atoms with Crippen molar-refractivity contribution in [2.75, 3.05) is 33.4 Å². The quantitative estimate of drug-likeness (QED) is 0.918. The molecule has 0 spiro atoms. The van der Waals surface area contributed by atoms with Crippen LogP contribution in [0.3, 0.4) is 0 Å². The summed E-state index contributed by atoms with van der Waals surface area (Å²) in [6, 6.07) is 6.89. The van der Waals surface area contributed by atoms with Crippen molar-refractivity contribution in [1.82, 2.24) is 4.90 Å². The highest BCUT2D eigenvalue weighted by Crippen LogP contribution is 2.36. The van der Waals surface area contributed by atoms with Crippen molar-refractivity contribution >= 4 is 0 Å². The van der Waals surface area contributed by atoms with E-state index in [-0.39, 0.29) is 5.54 Å². The van der Waals surface area contributed by atoms with Gasteiger partial charge >= 0.3 is 0 Å². The first-order valence-electron chi connectivity index (χ1n) is 7.89. The zero-order chi connectivity index (χ0) is 14.9. The Bertz CT molecular complexity index is 506. The van der Waals surface area contributed by atoms with Crippen LogP contribution in [0.25, 0.3) is 0 Å². The molecule has 1 aliphatic carbocycles. The molecule has 0 amide bonds. The van der Waals surface area contributed by atoms with Crippen LogP contribution in [-0.4, -0.2) is 49.9 Å². The summed E-state index contributed by atoms with van der Waals surface area (Å²) >= 11 is 0. The van der Waals surface area contributed by atoms with Gasteiger partial charge in [0.1, 0.15) is 5.75 Å². The first kappa shape index (κ1) is 14.8. The molecule has 2 atom stereocenters. The zero-order valence-electron chi connectivity index (χ0n) is 13.1. The standard InChI is InChI=1S/C17H26N2O2/c1-13-11-21-8-7-19(13)17(12-18)6-5-14-3-4-16(20-2)9-15(14)10-17/h3-4,9,13H,5-8,10-12,18H2,1-2H3. The van der Waals surface area contributed by atoms with Gasteiger partial charge in [-0.15, -0.1) is 0 Å². The fourth-order valence-electron chi connectivity index (χ4n) is 3.92. The number of aryl methyl sites for hydroxylation is 1. The van der Waals surface area contributed by atoms with Crippen molar-refractivity contribution in [1.29, 1.82) is 0 Å². The van der Waals surface area contributed by atoms with Crippen molar-refractivity contribution in [2.45, 2.75) is 37.8 Å². The zero-order valence-corrected chi connectivity index (χ0v) is 13.1. The molecule has 4 nitrogen and oxygen atoms in total. The SMILES string of the molecule is COc1ccc2c(c1)CC(CN)(N1CCOCC1C)CC2. The Balaban J connectivity index is 1.90. The van der Waals surface area contributed by atoms with Crippen molar-refractivity contribution < 1.29 is 9.47 Å². The summed E-state index contributed by atoms with van der Waals surface area (Å²) in [4.78, 5) is 2.58. The molecule has 2 unspecified atom stereocenters. The topological polar surface area (TPSA) is 47.7 Å². The molecule has 0 bridgehead atoms. The molecule has 1 saturated heterocycles. The maximum Gasteiger partial charge on any atom is 0.119 e. The van der Waals surface area contributed by atoms with E-state index in [9.17, 15) is 0 Å². The molecule has 1 aromatic carbocycles. The number of benzene rings is 1. The van der Waals surface area contributed by atoms with E-state index in [1.54, 1.807) is 7.11 Å². The Morgan fingerprint density at radius 1 is 1.43 bits per heavy atom. The van der Waals surface area contributed by atoms with Crippen LogP contribution in [0.15, 0.2) is 18.2 Å². The molecule has 0 aromatic heterocycles. The molecule has 0 radical (unpaired) electrons. The van der Waals surface area contributed by atoms with E-state index in [0.29, 0.717) is 12.6 Å². The highest BCUT2D eigenvalue weighted by atomic mass is 16.5. The summed E-state index contributed by atoms with van der Waals surface area (Å²) in [5.74, 6) is 0.941. The number of methoxy groups -OCH3 is 1. The molecular weight excluding hydrogens is 264 g/mol. The fraction of sp³-hybridized carbons (Fsp3) is 0.647. The summed E-state index contributed by atoms with van der Waals surface area (Å²) in [5, 5.41) is 0. The number of fused-ring (bicyclic) bond motifs is 1. The third kappa shape index (κ3) is 2.68. The summed E-state index contributed by atoms with van der Waals surface area (Å²) in [6.45, 7) is 5.56. The van der Waals surface area contributed by atoms with Crippen LogP contribution in [0, 0.1) is 0 Å². The van der Waals surface area contributed by atoms with E-state index in [0.717, 1.165) is 44.8 Å². The van der Waals surface area contributed by atoms with E-state index < -0.39 is 0 Å². The van der Waals surface area contributed by atoms with Gasteiger partial charge in [-0.05, 0) is 49.4 Å². The monoisotopic (exact) mass is 290 g/mol. The number of hydrogen-bond donors (Lipinski definition) is 1. The van der Waals surface area contributed by atoms with Gasteiger partial charge in [0.2, 0.25) is 0 Å². The predicted octanol–water partition coefficient (Wildman–Crippen LogP) is 1.60. The number of nitrogens with zero attached hydrogens (tertiary/aromatic N) is 1. The van der Waals surface area contributed by atoms with E-state index >= 15 is 0 Å². The Kier molecular flexibility index (Phi) is 4.20. The van der Waals surface area contributed by atoms with Gasteiger partial charge in [-0.25, -0.2) is 0 Å². The van der Waals surface area contributed by atoms with Crippen LogP contribution in [0.2, 0.25) is 0 Å². The van der Waals surface area contributed by atoms with Crippen molar-refractivity contribution in [3.05, 3.63) is 29.3 Å². The molecule has 1 aliphatic heterocycles. The molecule has 3 rings (SSSR count). The fourth-order valence-corrected chi connectivity index (χ4v) is 3.92. The molecule has 1 heterocycles. The van der Waals surface area contributed by atoms with E-state index in [1.807, 2.05) is 0 Å². The molecule has 0 saturated carbocycles. The second kappa shape index (κ2) is 5.95. The largest absolute Gasteiger partial charge is 0.497 e. The predicted molar refractivity (Wildman–Crippen MR) is 83.8 cm³/mol. The van der Waals surface area contributed by atoms with Crippen molar-refractivity contribution in [3.8, 4) is 5.75 Å². The van der Waals surface area contributed by atoms with E-state index in [4.69, 9.17) is 15.2 Å². The first-order chi connectivity index (χ1) is 10.2. The highest BCUT2D eigenvalue weighted by molar-refractivity contribution is 5.39. The Labute approximate surface area is 127 Å². The second-order valence-corrected chi connectivity index (χ2v) is 6.36. The van der Waals surface area contributed by atoms with Crippen LogP contribution < -0.4 is 10.5 Å². The Hall–Kier alpha value is -1.10. The molecule has 21 heavy (non-hydrogen) atoms. The van der Waals surface area contributed by atoms with Gasteiger partial charge in [0.15, 0.2) is 0 Å². The van der Waals surface area contributed by atoms with Gasteiger partial charge in [0.25, 0.3) is 0 Å². The number of nitrogens with two attached hydrogens (primary N) is 1. The average molecular weight is 290 g/mol. The Morgan fingerprint density at radius 3 is 3.00 bits per heavy atom. The summed E-state index contributed by atoms with van der Waals surface area (Å²) in [7, 11) is 1.73. The highest BCUT2D eigenvalue weighted by Gasteiger charge is 2.41. The number of hydrogen-bond acceptors (Lipinski definition) is 4. The maximum atomic E-state index is 6.25. The summed E-state index contributed by atoms with van der Waals surface area (Å²) in [6.07, 6.45) is 3.24. The number of morpholine rings is 1.